The molecule has 0 atom stereocenters. The highest BCUT2D eigenvalue weighted by Gasteiger charge is 2.13. The van der Waals surface area contributed by atoms with Crippen molar-refractivity contribution in [3.8, 4) is 11.5 Å². The first-order valence-electron chi connectivity index (χ1n) is 4.83. The number of fused-ring (bicyclic) bond motifs is 1. The fraction of sp³-hybridized carbons (Fsp3) is 0.455. The van der Waals surface area contributed by atoms with Gasteiger partial charge in [0.1, 0.15) is 11.5 Å². The van der Waals surface area contributed by atoms with E-state index in [4.69, 9.17) is 9.47 Å². The van der Waals surface area contributed by atoms with Crippen LogP contribution in [0, 0.1) is 0 Å². The topological polar surface area (TPSA) is 21.7 Å². The molecule has 14 heavy (non-hydrogen) atoms. The Bertz CT molecular complexity index is 325. The number of rotatable bonds is 1. The number of hydrogen-bond acceptors (Lipinski definition) is 3. The van der Waals surface area contributed by atoms with E-state index in [1.165, 1.54) is 0 Å². The van der Waals surface area contributed by atoms with Crippen molar-refractivity contribution >= 4 is 5.69 Å². The average Bonchev–Trinajstić information content (AvgIpc) is 2.40. The maximum Gasteiger partial charge on any atom is 0.146 e. The third kappa shape index (κ3) is 1.62. The van der Waals surface area contributed by atoms with Crippen molar-refractivity contribution in [3.05, 3.63) is 18.2 Å². The summed E-state index contributed by atoms with van der Waals surface area (Å²) in [6.45, 7) is 1.82. The molecule has 1 aromatic carbocycles. The first-order chi connectivity index (χ1) is 6.81. The number of hydrogen-bond donors (Lipinski definition) is 0. The van der Waals surface area contributed by atoms with E-state index in [0.29, 0.717) is 0 Å². The lowest BCUT2D eigenvalue weighted by atomic mass is 10.2. The maximum atomic E-state index is 5.64. The van der Waals surface area contributed by atoms with Crippen LogP contribution in [-0.2, 0) is 0 Å². The number of methoxy groups -OCH3 is 1. The Hall–Kier alpha value is -1.38. The van der Waals surface area contributed by atoms with E-state index in [0.717, 1.165) is 36.8 Å². The van der Waals surface area contributed by atoms with Gasteiger partial charge in [-0.3, -0.25) is 0 Å². The van der Waals surface area contributed by atoms with Crippen molar-refractivity contribution in [1.29, 1.82) is 0 Å². The molecule has 2 rings (SSSR count). The van der Waals surface area contributed by atoms with E-state index in [2.05, 4.69) is 11.9 Å². The van der Waals surface area contributed by atoms with Crippen molar-refractivity contribution in [3.63, 3.8) is 0 Å². The van der Waals surface area contributed by atoms with Crippen LogP contribution < -0.4 is 14.4 Å². The summed E-state index contributed by atoms with van der Waals surface area (Å²) in [6, 6.07) is 5.95. The molecule has 0 aromatic heterocycles. The zero-order valence-electron chi connectivity index (χ0n) is 8.62. The summed E-state index contributed by atoms with van der Waals surface area (Å²) in [5.74, 6) is 1.77. The quantitative estimate of drug-likeness (QED) is 0.680. The summed E-state index contributed by atoms with van der Waals surface area (Å²) in [7, 11) is 3.75. The first-order valence-corrected chi connectivity index (χ1v) is 4.83. The fourth-order valence-corrected chi connectivity index (χ4v) is 1.66. The van der Waals surface area contributed by atoms with Crippen molar-refractivity contribution in [2.45, 2.75) is 6.42 Å². The third-order valence-corrected chi connectivity index (χ3v) is 2.47. The summed E-state index contributed by atoms with van der Waals surface area (Å²) in [4.78, 5) is 2.21. The van der Waals surface area contributed by atoms with Crippen LogP contribution in [0.25, 0.3) is 0 Å². The molecule has 0 bridgehead atoms. The van der Waals surface area contributed by atoms with Gasteiger partial charge >= 0.3 is 0 Å². The van der Waals surface area contributed by atoms with E-state index in [-0.39, 0.29) is 0 Å². The van der Waals surface area contributed by atoms with Crippen molar-refractivity contribution in [2.75, 3.05) is 32.2 Å². The van der Waals surface area contributed by atoms with Gasteiger partial charge in [0.05, 0.1) is 19.4 Å². The van der Waals surface area contributed by atoms with Crippen LogP contribution in [0.15, 0.2) is 18.2 Å². The van der Waals surface area contributed by atoms with Gasteiger partial charge in [-0.1, -0.05) is 0 Å². The number of ether oxygens (including phenoxy) is 2. The lowest BCUT2D eigenvalue weighted by Gasteiger charge is -2.18. The molecule has 0 N–H and O–H groups in total. The van der Waals surface area contributed by atoms with Gasteiger partial charge in [-0.25, -0.2) is 0 Å². The van der Waals surface area contributed by atoms with Crippen LogP contribution in [0.1, 0.15) is 6.42 Å². The van der Waals surface area contributed by atoms with Crippen LogP contribution in [0.5, 0.6) is 11.5 Å². The molecule has 1 aliphatic heterocycles. The average molecular weight is 193 g/mol. The van der Waals surface area contributed by atoms with Crippen molar-refractivity contribution in [2.24, 2.45) is 0 Å². The minimum atomic E-state index is 0.782. The van der Waals surface area contributed by atoms with Gasteiger partial charge in [-0.15, -0.1) is 0 Å². The summed E-state index contributed by atoms with van der Waals surface area (Å²) < 4.78 is 10.8. The fourth-order valence-electron chi connectivity index (χ4n) is 1.66. The Labute approximate surface area is 84.2 Å². The highest BCUT2D eigenvalue weighted by atomic mass is 16.5. The summed E-state index contributed by atoms with van der Waals surface area (Å²) >= 11 is 0. The first kappa shape index (κ1) is 9.19. The SMILES string of the molecule is COc1ccc2c(c1)OCCCN2C. The second-order valence-corrected chi connectivity index (χ2v) is 3.46. The minimum absolute atomic E-state index is 0.782. The molecule has 0 unspecified atom stereocenters. The molecule has 3 nitrogen and oxygen atoms in total. The lowest BCUT2D eigenvalue weighted by Crippen LogP contribution is -2.17. The molecule has 1 aromatic rings. The van der Waals surface area contributed by atoms with Gasteiger partial charge in [0.15, 0.2) is 0 Å². The molecule has 0 fully saturated rings. The largest absolute Gasteiger partial charge is 0.497 e. The molecule has 0 saturated carbocycles. The highest BCUT2D eigenvalue weighted by Crippen LogP contribution is 2.33. The second-order valence-electron chi connectivity index (χ2n) is 3.46. The van der Waals surface area contributed by atoms with Crippen LogP contribution in [0.3, 0.4) is 0 Å². The van der Waals surface area contributed by atoms with Crippen LogP contribution >= 0.6 is 0 Å². The third-order valence-electron chi connectivity index (χ3n) is 2.47. The van der Waals surface area contributed by atoms with E-state index in [9.17, 15) is 0 Å². The Kier molecular flexibility index (Phi) is 2.48. The van der Waals surface area contributed by atoms with Gasteiger partial charge in [-0.05, 0) is 18.6 Å². The predicted molar refractivity (Wildman–Crippen MR) is 56.4 cm³/mol. The number of nitrogens with zero attached hydrogens (tertiary/aromatic N) is 1. The molecule has 1 aliphatic rings. The van der Waals surface area contributed by atoms with Crippen LogP contribution in [0.2, 0.25) is 0 Å². The lowest BCUT2D eigenvalue weighted by molar-refractivity contribution is 0.320. The summed E-state index contributed by atoms with van der Waals surface area (Å²) in [5, 5.41) is 0. The van der Waals surface area contributed by atoms with Gasteiger partial charge in [0, 0.05) is 19.7 Å². The molecule has 0 aliphatic carbocycles. The highest BCUT2D eigenvalue weighted by molar-refractivity contribution is 5.61. The van der Waals surface area contributed by atoms with Gasteiger partial charge in [0.25, 0.3) is 0 Å². The molecule has 1 heterocycles. The maximum absolute atomic E-state index is 5.64. The van der Waals surface area contributed by atoms with Gasteiger partial charge in [-0.2, -0.15) is 0 Å². The molecule has 0 amide bonds. The Morgan fingerprint density at radius 1 is 1.43 bits per heavy atom. The Morgan fingerprint density at radius 2 is 2.29 bits per heavy atom. The molecule has 3 heteroatoms. The summed E-state index contributed by atoms with van der Waals surface area (Å²) in [5.41, 5.74) is 1.14. The Balaban J connectivity index is 2.38. The standard InChI is InChI=1S/C11H15NO2/c1-12-6-3-7-14-11-8-9(13-2)4-5-10(11)12/h4-5,8H,3,6-7H2,1-2H3. The molecule has 0 radical (unpaired) electrons. The zero-order chi connectivity index (χ0) is 9.97. The molecular weight excluding hydrogens is 178 g/mol. The van der Waals surface area contributed by atoms with Gasteiger partial charge in [0.2, 0.25) is 0 Å². The van der Waals surface area contributed by atoms with Gasteiger partial charge < -0.3 is 14.4 Å². The van der Waals surface area contributed by atoms with E-state index in [1.807, 2.05) is 18.2 Å². The summed E-state index contributed by atoms with van der Waals surface area (Å²) in [6.07, 6.45) is 1.06. The Morgan fingerprint density at radius 3 is 3.07 bits per heavy atom. The molecular formula is C11H15NO2. The monoisotopic (exact) mass is 193 g/mol. The van der Waals surface area contributed by atoms with Crippen molar-refractivity contribution in [1.82, 2.24) is 0 Å². The molecule has 76 valence electrons. The predicted octanol–water partition coefficient (Wildman–Crippen LogP) is 1.91. The normalized spacial score (nSPS) is 15.4. The van der Waals surface area contributed by atoms with Crippen molar-refractivity contribution < 1.29 is 9.47 Å². The van der Waals surface area contributed by atoms with E-state index >= 15 is 0 Å². The van der Waals surface area contributed by atoms with Crippen LogP contribution in [-0.4, -0.2) is 27.3 Å². The van der Waals surface area contributed by atoms with Crippen LogP contribution in [0.4, 0.5) is 5.69 Å². The minimum Gasteiger partial charge on any atom is -0.497 e. The second kappa shape index (κ2) is 3.78. The molecule has 0 saturated heterocycles. The van der Waals surface area contributed by atoms with E-state index < -0.39 is 0 Å². The number of benzene rings is 1. The number of anilines is 1. The molecule has 0 spiro atoms. The van der Waals surface area contributed by atoms with E-state index in [1.54, 1.807) is 7.11 Å². The smallest absolute Gasteiger partial charge is 0.146 e. The zero-order valence-corrected chi connectivity index (χ0v) is 8.62.